The second-order valence-electron chi connectivity index (χ2n) is 7.72. The van der Waals surface area contributed by atoms with Crippen molar-refractivity contribution in [3.63, 3.8) is 0 Å². The lowest BCUT2D eigenvalue weighted by atomic mass is 9.93. The average molecular weight is 418 g/mol. The SMILES string of the molecule is COc1ccc(OC)c([C@@H]2CN(Cc3ccccc3)C[C@H]2NC(=O)c2cccnc2)c1. The zero-order chi connectivity index (χ0) is 21.6. The molecule has 1 aromatic heterocycles. The topological polar surface area (TPSA) is 63.7 Å². The number of nitrogens with one attached hydrogen (secondary N) is 1. The van der Waals surface area contributed by atoms with Gasteiger partial charge in [0.1, 0.15) is 11.5 Å². The zero-order valence-electron chi connectivity index (χ0n) is 17.8. The molecular formula is C25H27N3O3. The van der Waals surface area contributed by atoms with Gasteiger partial charge in [-0.15, -0.1) is 0 Å². The highest BCUT2D eigenvalue weighted by Crippen LogP contribution is 2.37. The van der Waals surface area contributed by atoms with Crippen molar-refractivity contribution in [1.29, 1.82) is 0 Å². The molecule has 1 amide bonds. The van der Waals surface area contributed by atoms with E-state index < -0.39 is 0 Å². The number of rotatable bonds is 7. The molecule has 2 aromatic carbocycles. The molecule has 160 valence electrons. The highest BCUT2D eigenvalue weighted by molar-refractivity contribution is 5.94. The number of hydrogen-bond donors (Lipinski definition) is 1. The van der Waals surface area contributed by atoms with Gasteiger partial charge in [0.2, 0.25) is 0 Å². The quantitative estimate of drug-likeness (QED) is 0.638. The molecule has 0 bridgehead atoms. The molecule has 3 aromatic rings. The van der Waals surface area contributed by atoms with Crippen LogP contribution >= 0.6 is 0 Å². The van der Waals surface area contributed by atoms with Crippen molar-refractivity contribution < 1.29 is 14.3 Å². The fourth-order valence-electron chi connectivity index (χ4n) is 4.20. The minimum Gasteiger partial charge on any atom is -0.497 e. The number of hydrogen-bond acceptors (Lipinski definition) is 5. The fraction of sp³-hybridized carbons (Fsp3) is 0.280. The first-order valence-corrected chi connectivity index (χ1v) is 10.4. The number of pyridine rings is 1. The molecular weight excluding hydrogens is 390 g/mol. The normalized spacial score (nSPS) is 18.5. The lowest BCUT2D eigenvalue weighted by Gasteiger charge is -2.22. The molecule has 4 rings (SSSR count). The number of carbonyl (C=O) groups is 1. The third kappa shape index (κ3) is 4.86. The molecule has 1 aliphatic heterocycles. The van der Waals surface area contributed by atoms with Gasteiger partial charge in [0.15, 0.2) is 0 Å². The summed E-state index contributed by atoms with van der Waals surface area (Å²) in [5, 5.41) is 3.23. The minimum absolute atomic E-state index is 0.0642. The standard InChI is InChI=1S/C25H27N3O3/c1-30-20-10-11-24(31-2)21(13-20)22-16-28(15-18-7-4-3-5-8-18)17-23(22)27-25(29)19-9-6-12-26-14-19/h3-14,22-23H,15-17H2,1-2H3,(H,27,29)/t22-,23+/m0/s1. The molecule has 0 spiro atoms. The number of likely N-dealkylation sites (tertiary alicyclic amines) is 1. The van der Waals surface area contributed by atoms with Crippen molar-refractivity contribution in [1.82, 2.24) is 15.2 Å². The van der Waals surface area contributed by atoms with Crippen LogP contribution < -0.4 is 14.8 Å². The van der Waals surface area contributed by atoms with E-state index in [-0.39, 0.29) is 17.9 Å². The van der Waals surface area contributed by atoms with Crippen LogP contribution in [-0.2, 0) is 6.54 Å². The van der Waals surface area contributed by atoms with Crippen molar-refractivity contribution in [3.05, 3.63) is 89.7 Å². The van der Waals surface area contributed by atoms with Gasteiger partial charge >= 0.3 is 0 Å². The Morgan fingerprint density at radius 1 is 1.06 bits per heavy atom. The third-order valence-corrected chi connectivity index (χ3v) is 5.72. The van der Waals surface area contributed by atoms with Gasteiger partial charge in [-0.1, -0.05) is 30.3 Å². The molecule has 1 saturated heterocycles. The van der Waals surface area contributed by atoms with Gasteiger partial charge in [0.25, 0.3) is 5.91 Å². The van der Waals surface area contributed by atoms with E-state index in [4.69, 9.17) is 9.47 Å². The van der Waals surface area contributed by atoms with Crippen LogP contribution in [0.25, 0.3) is 0 Å². The summed E-state index contributed by atoms with van der Waals surface area (Å²) in [6.07, 6.45) is 3.25. The van der Waals surface area contributed by atoms with E-state index in [0.29, 0.717) is 5.56 Å². The number of methoxy groups -OCH3 is 2. The second-order valence-corrected chi connectivity index (χ2v) is 7.72. The van der Waals surface area contributed by atoms with E-state index in [1.807, 2.05) is 24.3 Å². The summed E-state index contributed by atoms with van der Waals surface area (Å²) in [4.78, 5) is 19.3. The maximum absolute atomic E-state index is 12.9. The van der Waals surface area contributed by atoms with Crippen LogP contribution in [0.1, 0.15) is 27.4 Å². The molecule has 31 heavy (non-hydrogen) atoms. The molecule has 0 aliphatic carbocycles. The van der Waals surface area contributed by atoms with Crippen LogP contribution in [0.3, 0.4) is 0 Å². The van der Waals surface area contributed by atoms with Crippen LogP contribution in [0.4, 0.5) is 0 Å². The number of nitrogens with zero attached hydrogens (tertiary/aromatic N) is 2. The Morgan fingerprint density at radius 3 is 2.61 bits per heavy atom. The Hall–Kier alpha value is -3.38. The fourth-order valence-corrected chi connectivity index (χ4v) is 4.20. The van der Waals surface area contributed by atoms with Gasteiger partial charge < -0.3 is 14.8 Å². The predicted octanol–water partition coefficient (Wildman–Crippen LogP) is 3.50. The van der Waals surface area contributed by atoms with Crippen molar-refractivity contribution in [3.8, 4) is 11.5 Å². The van der Waals surface area contributed by atoms with Crippen molar-refractivity contribution >= 4 is 5.91 Å². The van der Waals surface area contributed by atoms with Gasteiger partial charge in [0.05, 0.1) is 25.8 Å². The molecule has 6 heteroatoms. The number of aromatic nitrogens is 1. The predicted molar refractivity (Wildman–Crippen MR) is 119 cm³/mol. The summed E-state index contributed by atoms with van der Waals surface area (Å²) in [5.74, 6) is 1.52. The maximum Gasteiger partial charge on any atom is 0.253 e. The summed E-state index contributed by atoms with van der Waals surface area (Å²) in [6, 6.07) is 19.7. The Balaban J connectivity index is 1.62. The maximum atomic E-state index is 12.9. The van der Waals surface area contributed by atoms with Crippen molar-refractivity contribution in [2.75, 3.05) is 27.3 Å². The minimum atomic E-state index is -0.119. The first-order valence-electron chi connectivity index (χ1n) is 10.4. The van der Waals surface area contributed by atoms with Crippen LogP contribution in [0, 0.1) is 0 Å². The zero-order valence-corrected chi connectivity index (χ0v) is 17.8. The number of amides is 1. The molecule has 6 nitrogen and oxygen atoms in total. The second kappa shape index (κ2) is 9.62. The average Bonchev–Trinajstić information content (AvgIpc) is 3.21. The summed E-state index contributed by atoms with van der Waals surface area (Å²) < 4.78 is 11.1. The molecule has 0 saturated carbocycles. The van der Waals surface area contributed by atoms with Crippen LogP contribution in [0.5, 0.6) is 11.5 Å². The Morgan fingerprint density at radius 2 is 1.90 bits per heavy atom. The first-order chi connectivity index (χ1) is 15.2. The number of benzene rings is 2. The van der Waals surface area contributed by atoms with Crippen LogP contribution in [0.2, 0.25) is 0 Å². The van der Waals surface area contributed by atoms with E-state index in [1.54, 1.807) is 38.7 Å². The Bertz CT molecular complexity index is 1010. The largest absolute Gasteiger partial charge is 0.497 e. The van der Waals surface area contributed by atoms with Gasteiger partial charge in [-0.05, 0) is 35.9 Å². The lowest BCUT2D eigenvalue weighted by molar-refractivity contribution is 0.0934. The molecule has 0 radical (unpaired) electrons. The molecule has 0 unspecified atom stereocenters. The van der Waals surface area contributed by atoms with Crippen LogP contribution in [-0.4, -0.2) is 49.1 Å². The molecule has 1 fully saturated rings. The van der Waals surface area contributed by atoms with E-state index in [9.17, 15) is 4.79 Å². The third-order valence-electron chi connectivity index (χ3n) is 5.72. The van der Waals surface area contributed by atoms with Gasteiger partial charge in [0, 0.05) is 43.5 Å². The van der Waals surface area contributed by atoms with Gasteiger partial charge in [-0.3, -0.25) is 14.7 Å². The van der Waals surface area contributed by atoms with Gasteiger partial charge in [-0.25, -0.2) is 0 Å². The van der Waals surface area contributed by atoms with Crippen molar-refractivity contribution in [2.45, 2.75) is 18.5 Å². The highest BCUT2D eigenvalue weighted by Gasteiger charge is 2.36. The smallest absolute Gasteiger partial charge is 0.253 e. The van der Waals surface area contributed by atoms with E-state index in [2.05, 4.69) is 39.5 Å². The molecule has 1 aliphatic rings. The van der Waals surface area contributed by atoms with E-state index >= 15 is 0 Å². The lowest BCUT2D eigenvalue weighted by Crippen LogP contribution is -2.40. The summed E-state index contributed by atoms with van der Waals surface area (Å²) >= 11 is 0. The Kier molecular flexibility index (Phi) is 6.48. The molecule has 2 heterocycles. The summed E-state index contributed by atoms with van der Waals surface area (Å²) in [6.45, 7) is 2.37. The van der Waals surface area contributed by atoms with Crippen molar-refractivity contribution in [2.24, 2.45) is 0 Å². The molecule has 1 N–H and O–H groups in total. The Labute approximate surface area is 182 Å². The van der Waals surface area contributed by atoms with E-state index in [0.717, 1.165) is 36.7 Å². The highest BCUT2D eigenvalue weighted by atomic mass is 16.5. The monoisotopic (exact) mass is 417 g/mol. The van der Waals surface area contributed by atoms with Crippen LogP contribution in [0.15, 0.2) is 73.1 Å². The molecule has 2 atom stereocenters. The number of ether oxygens (including phenoxy) is 2. The summed E-state index contributed by atoms with van der Waals surface area (Å²) in [7, 11) is 3.33. The van der Waals surface area contributed by atoms with Gasteiger partial charge in [-0.2, -0.15) is 0 Å². The summed E-state index contributed by atoms with van der Waals surface area (Å²) in [5.41, 5.74) is 2.84. The van der Waals surface area contributed by atoms with E-state index in [1.165, 1.54) is 5.56 Å². The first kappa shape index (κ1) is 20.9. The number of carbonyl (C=O) groups excluding carboxylic acids is 1.